The first kappa shape index (κ1) is 16.1. The lowest BCUT2D eigenvalue weighted by Crippen LogP contribution is -2.12. The quantitative estimate of drug-likeness (QED) is 0.590. The Morgan fingerprint density at radius 3 is 2.46 bits per heavy atom. The molecule has 0 saturated carbocycles. The Labute approximate surface area is 153 Å². The van der Waals surface area contributed by atoms with E-state index in [2.05, 4.69) is 25.8 Å². The molecule has 0 saturated heterocycles. The minimum Gasteiger partial charge on any atom is -0.295 e. The second-order valence-electron chi connectivity index (χ2n) is 5.52. The predicted octanol–water partition coefficient (Wildman–Crippen LogP) is 3.10. The maximum Gasteiger partial charge on any atom is 0.279 e. The minimum atomic E-state index is -0.361. The zero-order valence-corrected chi connectivity index (χ0v) is 14.4. The number of rotatable bonds is 5. The molecule has 8 heteroatoms. The number of aromatic nitrogens is 5. The van der Waals surface area contributed by atoms with Crippen LogP contribution in [-0.4, -0.2) is 31.1 Å². The molecule has 0 aliphatic heterocycles. The highest BCUT2D eigenvalue weighted by atomic mass is 32.1. The maximum atomic E-state index is 12.3. The van der Waals surface area contributed by atoms with Crippen molar-refractivity contribution < 1.29 is 4.79 Å². The van der Waals surface area contributed by atoms with E-state index in [9.17, 15) is 4.79 Å². The van der Waals surface area contributed by atoms with Crippen LogP contribution in [0.2, 0.25) is 0 Å². The van der Waals surface area contributed by atoms with Crippen molar-refractivity contribution in [1.29, 1.82) is 0 Å². The molecule has 0 atom stereocenters. The van der Waals surface area contributed by atoms with E-state index in [1.165, 1.54) is 11.3 Å². The highest BCUT2D eigenvalue weighted by Crippen LogP contribution is 2.26. The molecule has 0 radical (unpaired) electrons. The van der Waals surface area contributed by atoms with Gasteiger partial charge < -0.3 is 0 Å². The fraction of sp³-hybridized carbons (Fsp3) is 0.0556. The van der Waals surface area contributed by atoms with Crippen LogP contribution in [0, 0.1) is 0 Å². The molecule has 128 valence electrons. The van der Waals surface area contributed by atoms with Crippen LogP contribution in [0.3, 0.4) is 0 Å². The summed E-state index contributed by atoms with van der Waals surface area (Å²) in [6, 6.07) is 19.5. The first-order chi connectivity index (χ1) is 12.8. The second-order valence-corrected chi connectivity index (χ2v) is 6.50. The van der Waals surface area contributed by atoms with E-state index in [4.69, 9.17) is 0 Å². The van der Waals surface area contributed by atoms with Crippen LogP contribution < -0.4 is 5.32 Å². The normalized spacial score (nSPS) is 10.6. The van der Waals surface area contributed by atoms with Crippen molar-refractivity contribution in [2.45, 2.75) is 6.54 Å². The standard InChI is InChI=1S/C18H14N6OS/c25-16(15-12-24(23-20-15)11-13-7-3-1-4-8-13)19-18-22-21-17(26-18)14-9-5-2-6-10-14/h1-10,12H,11H2,(H,19,22,25). The van der Waals surface area contributed by atoms with Crippen LogP contribution in [0.15, 0.2) is 66.9 Å². The summed E-state index contributed by atoms with van der Waals surface area (Å²) < 4.78 is 1.62. The number of nitrogens with zero attached hydrogens (tertiary/aromatic N) is 5. The predicted molar refractivity (Wildman–Crippen MR) is 98.9 cm³/mol. The molecule has 0 aliphatic rings. The van der Waals surface area contributed by atoms with Crippen molar-refractivity contribution in [3.63, 3.8) is 0 Å². The van der Waals surface area contributed by atoms with Crippen LogP contribution in [0.4, 0.5) is 5.13 Å². The highest BCUT2D eigenvalue weighted by Gasteiger charge is 2.14. The molecule has 4 aromatic rings. The van der Waals surface area contributed by atoms with Gasteiger partial charge in [0.25, 0.3) is 5.91 Å². The van der Waals surface area contributed by atoms with Crippen LogP contribution in [0.25, 0.3) is 10.6 Å². The van der Waals surface area contributed by atoms with E-state index in [1.807, 2.05) is 60.7 Å². The Bertz CT molecular complexity index is 1010. The molecule has 7 nitrogen and oxygen atoms in total. The van der Waals surface area contributed by atoms with Gasteiger partial charge in [0.05, 0.1) is 12.7 Å². The SMILES string of the molecule is O=C(Nc1nnc(-c2ccccc2)s1)c1cn(Cc2ccccc2)nn1. The fourth-order valence-corrected chi connectivity index (χ4v) is 3.13. The number of carbonyl (C=O) groups excluding carboxylic acids is 1. The lowest BCUT2D eigenvalue weighted by Gasteiger charge is -1.99. The van der Waals surface area contributed by atoms with Crippen LogP contribution in [-0.2, 0) is 6.54 Å². The maximum absolute atomic E-state index is 12.3. The number of nitrogens with one attached hydrogen (secondary N) is 1. The summed E-state index contributed by atoms with van der Waals surface area (Å²) in [5, 5.41) is 19.9. The Hall–Kier alpha value is -3.39. The molecule has 0 fully saturated rings. The summed E-state index contributed by atoms with van der Waals surface area (Å²) in [6.07, 6.45) is 1.61. The molecule has 1 N–H and O–H groups in total. The Morgan fingerprint density at radius 1 is 0.962 bits per heavy atom. The number of amides is 1. The van der Waals surface area contributed by atoms with Crippen molar-refractivity contribution in [2.24, 2.45) is 0 Å². The Balaban J connectivity index is 1.43. The van der Waals surface area contributed by atoms with Gasteiger partial charge in [0.15, 0.2) is 5.69 Å². The molecule has 2 heterocycles. The number of carbonyl (C=O) groups is 1. The first-order valence-corrected chi connectivity index (χ1v) is 8.74. The number of benzene rings is 2. The zero-order valence-electron chi connectivity index (χ0n) is 13.6. The van der Waals surface area contributed by atoms with Crippen LogP contribution >= 0.6 is 11.3 Å². The topological polar surface area (TPSA) is 85.6 Å². The van der Waals surface area contributed by atoms with Gasteiger partial charge in [-0.05, 0) is 5.56 Å². The van der Waals surface area contributed by atoms with Crippen molar-refractivity contribution in [1.82, 2.24) is 25.2 Å². The second kappa shape index (κ2) is 7.24. The number of hydrogen-bond acceptors (Lipinski definition) is 6. The summed E-state index contributed by atoms with van der Waals surface area (Å²) in [7, 11) is 0. The molecular weight excluding hydrogens is 348 g/mol. The third-order valence-electron chi connectivity index (χ3n) is 3.62. The van der Waals surface area contributed by atoms with E-state index >= 15 is 0 Å². The van der Waals surface area contributed by atoms with E-state index in [-0.39, 0.29) is 11.6 Å². The lowest BCUT2D eigenvalue weighted by molar-refractivity contribution is 0.102. The molecule has 2 aromatic carbocycles. The fourth-order valence-electron chi connectivity index (χ4n) is 2.38. The van der Waals surface area contributed by atoms with Gasteiger partial charge in [0.1, 0.15) is 5.01 Å². The van der Waals surface area contributed by atoms with Crippen molar-refractivity contribution in [2.75, 3.05) is 5.32 Å². The van der Waals surface area contributed by atoms with Gasteiger partial charge in [0, 0.05) is 5.56 Å². The van der Waals surface area contributed by atoms with E-state index in [0.29, 0.717) is 11.7 Å². The van der Waals surface area contributed by atoms with Gasteiger partial charge in [-0.15, -0.1) is 15.3 Å². The van der Waals surface area contributed by atoms with E-state index in [1.54, 1.807) is 10.9 Å². The smallest absolute Gasteiger partial charge is 0.279 e. The molecule has 1 amide bonds. The van der Waals surface area contributed by atoms with E-state index < -0.39 is 0 Å². The zero-order chi connectivity index (χ0) is 17.8. The van der Waals surface area contributed by atoms with Gasteiger partial charge in [-0.3, -0.25) is 10.1 Å². The third-order valence-corrected chi connectivity index (χ3v) is 4.51. The van der Waals surface area contributed by atoms with Gasteiger partial charge in [0.2, 0.25) is 5.13 Å². The first-order valence-electron chi connectivity index (χ1n) is 7.92. The minimum absolute atomic E-state index is 0.234. The summed E-state index contributed by atoms with van der Waals surface area (Å²) in [4.78, 5) is 12.3. The molecule has 4 rings (SSSR count). The molecule has 0 aliphatic carbocycles. The number of hydrogen-bond donors (Lipinski definition) is 1. The molecule has 26 heavy (non-hydrogen) atoms. The number of anilines is 1. The Kier molecular flexibility index (Phi) is 4.48. The summed E-state index contributed by atoms with van der Waals surface area (Å²) in [5.74, 6) is -0.361. The monoisotopic (exact) mass is 362 g/mol. The van der Waals surface area contributed by atoms with Crippen LogP contribution in [0.1, 0.15) is 16.1 Å². The van der Waals surface area contributed by atoms with Crippen molar-refractivity contribution in [3.8, 4) is 10.6 Å². The molecular formula is C18H14N6OS. The Morgan fingerprint density at radius 2 is 1.69 bits per heavy atom. The van der Waals surface area contributed by atoms with Gasteiger partial charge in [-0.25, -0.2) is 4.68 Å². The van der Waals surface area contributed by atoms with Gasteiger partial charge in [-0.1, -0.05) is 77.2 Å². The molecule has 2 aromatic heterocycles. The average Bonchev–Trinajstić information content (AvgIpc) is 3.33. The lowest BCUT2D eigenvalue weighted by atomic mass is 10.2. The van der Waals surface area contributed by atoms with Gasteiger partial charge >= 0.3 is 0 Å². The van der Waals surface area contributed by atoms with Crippen LogP contribution in [0.5, 0.6) is 0 Å². The largest absolute Gasteiger partial charge is 0.295 e. The van der Waals surface area contributed by atoms with Gasteiger partial charge in [-0.2, -0.15) is 0 Å². The summed E-state index contributed by atoms with van der Waals surface area (Å²) >= 11 is 1.31. The van der Waals surface area contributed by atoms with Crippen molar-refractivity contribution >= 4 is 22.4 Å². The molecule has 0 spiro atoms. The molecule has 0 bridgehead atoms. The molecule has 0 unspecified atom stereocenters. The summed E-state index contributed by atoms with van der Waals surface area (Å²) in [5.41, 5.74) is 2.28. The third kappa shape index (κ3) is 3.65. The highest BCUT2D eigenvalue weighted by molar-refractivity contribution is 7.18. The summed E-state index contributed by atoms with van der Waals surface area (Å²) in [6.45, 7) is 0.554. The average molecular weight is 362 g/mol. The van der Waals surface area contributed by atoms with E-state index in [0.717, 1.165) is 16.1 Å². The van der Waals surface area contributed by atoms with Crippen molar-refractivity contribution in [3.05, 3.63) is 78.1 Å².